The lowest BCUT2D eigenvalue weighted by atomic mass is 10.1. The number of benzene rings is 2. The highest BCUT2D eigenvalue weighted by atomic mass is 32.1. The number of rotatable bonds is 7. The van der Waals surface area contributed by atoms with Gasteiger partial charge in [0.1, 0.15) is 11.5 Å². The molecule has 2 aromatic carbocycles. The molecule has 1 aromatic heterocycles. The predicted octanol–water partition coefficient (Wildman–Crippen LogP) is 3.15. The van der Waals surface area contributed by atoms with Gasteiger partial charge >= 0.3 is 0 Å². The van der Waals surface area contributed by atoms with Gasteiger partial charge in [0, 0.05) is 19.0 Å². The Labute approximate surface area is 169 Å². The molecule has 0 aliphatic heterocycles. The molecule has 0 unspecified atom stereocenters. The van der Waals surface area contributed by atoms with Crippen molar-refractivity contribution in [2.45, 2.75) is 20.3 Å². The van der Waals surface area contributed by atoms with Gasteiger partial charge in [-0.05, 0) is 43.2 Å². The maximum absolute atomic E-state index is 12.2. The normalized spacial score (nSPS) is 11.6. The summed E-state index contributed by atoms with van der Waals surface area (Å²) in [5, 5.41) is 0. The molecule has 146 valence electrons. The van der Waals surface area contributed by atoms with E-state index < -0.39 is 0 Å². The molecule has 0 fully saturated rings. The van der Waals surface area contributed by atoms with Gasteiger partial charge in [-0.2, -0.15) is 0 Å². The van der Waals surface area contributed by atoms with Crippen molar-refractivity contribution in [2.75, 3.05) is 13.2 Å². The minimum atomic E-state index is -0.0354. The Balaban J connectivity index is 1.63. The highest BCUT2D eigenvalue weighted by molar-refractivity contribution is 7.07. The van der Waals surface area contributed by atoms with E-state index in [0.717, 1.165) is 33.7 Å². The van der Waals surface area contributed by atoms with Crippen molar-refractivity contribution >= 4 is 24.0 Å². The van der Waals surface area contributed by atoms with Crippen LogP contribution in [-0.4, -0.2) is 17.8 Å². The highest BCUT2D eigenvalue weighted by Crippen LogP contribution is 2.20. The number of hydrogen-bond acceptors (Lipinski definition) is 4. The van der Waals surface area contributed by atoms with Gasteiger partial charge < -0.3 is 14.0 Å². The van der Waals surface area contributed by atoms with Crippen LogP contribution in [0.2, 0.25) is 0 Å². The second kappa shape index (κ2) is 8.93. The van der Waals surface area contributed by atoms with Gasteiger partial charge in [-0.25, -0.2) is 0 Å². The molecule has 3 aromatic rings. The minimum Gasteiger partial charge on any atom is -0.493 e. The fourth-order valence-electron chi connectivity index (χ4n) is 2.77. The molecule has 0 N–H and O–H groups in total. The van der Waals surface area contributed by atoms with E-state index in [9.17, 15) is 4.79 Å². The first-order chi connectivity index (χ1) is 13.5. The molecule has 0 radical (unpaired) electrons. The molecule has 0 spiro atoms. The average molecular weight is 396 g/mol. The first-order valence-electron chi connectivity index (χ1n) is 9.24. The number of aryl methyl sites for hydroxylation is 2. The van der Waals surface area contributed by atoms with Crippen LogP contribution in [-0.2, 0) is 7.05 Å². The van der Waals surface area contributed by atoms with E-state index in [-0.39, 0.29) is 5.56 Å². The lowest BCUT2D eigenvalue weighted by molar-refractivity contribution is 0.246. The van der Waals surface area contributed by atoms with Crippen molar-refractivity contribution in [3.8, 4) is 11.5 Å². The standard InChI is InChI=1S/C23H25NO3S/c1-16-10-11-17(2)21(14-16)27-13-7-12-26-20-9-6-5-8-19(20)15-22-23(25)24(4)18(3)28-22/h5-6,8-11,14-15H,3,7,12-13H2,1-2,4H3. The summed E-state index contributed by atoms with van der Waals surface area (Å²) in [4.78, 5) is 12.2. The van der Waals surface area contributed by atoms with E-state index in [2.05, 4.69) is 31.7 Å². The number of nitrogens with zero attached hydrogens (tertiary/aromatic N) is 1. The van der Waals surface area contributed by atoms with E-state index in [4.69, 9.17) is 9.47 Å². The van der Waals surface area contributed by atoms with E-state index >= 15 is 0 Å². The average Bonchev–Trinajstić information content (AvgIpc) is 2.92. The number of thiazole rings is 1. The van der Waals surface area contributed by atoms with Crippen molar-refractivity contribution < 1.29 is 9.47 Å². The molecule has 0 amide bonds. The summed E-state index contributed by atoms with van der Waals surface area (Å²) in [6.45, 7) is 9.12. The van der Waals surface area contributed by atoms with Gasteiger partial charge in [-0.3, -0.25) is 4.79 Å². The Bertz CT molecular complexity index is 1130. The molecule has 28 heavy (non-hydrogen) atoms. The van der Waals surface area contributed by atoms with Crippen molar-refractivity contribution in [1.82, 2.24) is 4.57 Å². The van der Waals surface area contributed by atoms with Crippen LogP contribution in [0.4, 0.5) is 0 Å². The van der Waals surface area contributed by atoms with Crippen LogP contribution in [0, 0.1) is 13.8 Å². The Hall–Kier alpha value is -2.79. The number of para-hydroxylation sites is 1. The maximum Gasteiger partial charge on any atom is 0.268 e. The Morgan fingerprint density at radius 2 is 1.79 bits per heavy atom. The zero-order valence-electron chi connectivity index (χ0n) is 16.5. The van der Waals surface area contributed by atoms with Crippen LogP contribution in [0.25, 0.3) is 12.7 Å². The predicted molar refractivity (Wildman–Crippen MR) is 116 cm³/mol. The van der Waals surface area contributed by atoms with Gasteiger partial charge in [0.15, 0.2) is 0 Å². The summed E-state index contributed by atoms with van der Waals surface area (Å²) in [6, 6.07) is 13.9. The lowest BCUT2D eigenvalue weighted by Crippen LogP contribution is -2.28. The third kappa shape index (κ3) is 4.73. The van der Waals surface area contributed by atoms with Gasteiger partial charge in [-0.1, -0.05) is 36.9 Å². The van der Waals surface area contributed by atoms with Gasteiger partial charge in [0.2, 0.25) is 0 Å². The molecule has 1 heterocycles. The quantitative estimate of drug-likeness (QED) is 0.577. The Morgan fingerprint density at radius 3 is 2.50 bits per heavy atom. The topological polar surface area (TPSA) is 40.5 Å². The monoisotopic (exact) mass is 395 g/mol. The largest absolute Gasteiger partial charge is 0.493 e. The molecule has 0 bridgehead atoms. The van der Waals surface area contributed by atoms with E-state index in [1.54, 1.807) is 11.6 Å². The lowest BCUT2D eigenvalue weighted by Gasteiger charge is -2.11. The molecule has 0 atom stereocenters. The summed E-state index contributed by atoms with van der Waals surface area (Å²) >= 11 is 1.38. The molecule has 0 saturated carbocycles. The Kier molecular flexibility index (Phi) is 6.37. The van der Waals surface area contributed by atoms with Crippen LogP contribution in [0.15, 0.2) is 47.3 Å². The summed E-state index contributed by atoms with van der Waals surface area (Å²) in [5.74, 6) is 1.68. The molecular weight excluding hydrogens is 370 g/mol. The molecule has 4 nitrogen and oxygen atoms in total. The number of aromatic nitrogens is 1. The van der Waals surface area contributed by atoms with Crippen LogP contribution in [0.3, 0.4) is 0 Å². The van der Waals surface area contributed by atoms with Crippen LogP contribution >= 0.6 is 11.3 Å². The summed E-state index contributed by atoms with van der Waals surface area (Å²) in [7, 11) is 1.73. The molecule has 5 heteroatoms. The second-order valence-electron chi connectivity index (χ2n) is 6.73. The zero-order chi connectivity index (χ0) is 20.1. The molecule has 0 aliphatic carbocycles. The summed E-state index contributed by atoms with van der Waals surface area (Å²) in [6.07, 6.45) is 2.63. The van der Waals surface area contributed by atoms with Crippen LogP contribution < -0.4 is 24.2 Å². The van der Waals surface area contributed by atoms with E-state index in [0.29, 0.717) is 17.7 Å². The van der Waals surface area contributed by atoms with Gasteiger partial charge in [0.25, 0.3) is 5.56 Å². The summed E-state index contributed by atoms with van der Waals surface area (Å²) < 4.78 is 14.8. The SMILES string of the molecule is C=c1sc(=Cc2ccccc2OCCCOc2cc(C)ccc2C)c(=O)n1C. The first kappa shape index (κ1) is 20.0. The number of hydrogen-bond donors (Lipinski definition) is 0. The van der Waals surface area contributed by atoms with Crippen molar-refractivity contribution in [3.05, 3.63) is 78.7 Å². The van der Waals surface area contributed by atoms with Crippen LogP contribution in [0.1, 0.15) is 23.1 Å². The van der Waals surface area contributed by atoms with Crippen molar-refractivity contribution in [2.24, 2.45) is 7.05 Å². The summed E-state index contributed by atoms with van der Waals surface area (Å²) in [5.41, 5.74) is 3.17. The zero-order valence-corrected chi connectivity index (χ0v) is 17.3. The van der Waals surface area contributed by atoms with E-state index in [1.807, 2.05) is 37.3 Å². The highest BCUT2D eigenvalue weighted by Gasteiger charge is 2.04. The smallest absolute Gasteiger partial charge is 0.268 e. The third-order valence-electron chi connectivity index (χ3n) is 4.47. The second-order valence-corrected chi connectivity index (χ2v) is 7.84. The van der Waals surface area contributed by atoms with Crippen molar-refractivity contribution in [3.63, 3.8) is 0 Å². The van der Waals surface area contributed by atoms with Gasteiger partial charge in [0.05, 0.1) is 22.4 Å². The Morgan fingerprint density at radius 1 is 1.07 bits per heavy atom. The fraction of sp³-hybridized carbons (Fsp3) is 0.261. The first-order valence-corrected chi connectivity index (χ1v) is 10.1. The van der Waals surface area contributed by atoms with Crippen molar-refractivity contribution in [1.29, 1.82) is 0 Å². The maximum atomic E-state index is 12.2. The molecule has 3 rings (SSSR count). The number of ether oxygens (including phenoxy) is 2. The fourth-order valence-corrected chi connectivity index (χ4v) is 3.65. The molecule has 0 saturated heterocycles. The molecule has 0 aliphatic rings. The van der Waals surface area contributed by atoms with Gasteiger partial charge in [-0.15, -0.1) is 11.3 Å². The minimum absolute atomic E-state index is 0.0354. The van der Waals surface area contributed by atoms with E-state index in [1.165, 1.54) is 16.9 Å². The molecular formula is C23H25NO3S. The van der Waals surface area contributed by atoms with Crippen LogP contribution in [0.5, 0.6) is 11.5 Å². The third-order valence-corrected chi connectivity index (χ3v) is 5.49.